The van der Waals surface area contributed by atoms with Crippen LogP contribution in [0.4, 0.5) is 18.9 Å². The van der Waals surface area contributed by atoms with E-state index in [0.29, 0.717) is 11.2 Å². The van der Waals surface area contributed by atoms with E-state index in [9.17, 15) is 26.4 Å². The monoisotopic (exact) mass is 398 g/mol. The van der Waals surface area contributed by atoms with Crippen molar-refractivity contribution in [2.45, 2.75) is 11.1 Å². The zero-order valence-electron chi connectivity index (χ0n) is 13.5. The number of carbonyl (C=O) groups is 1. The van der Waals surface area contributed by atoms with Crippen LogP contribution in [-0.4, -0.2) is 37.2 Å². The average Bonchev–Trinajstić information content (AvgIpc) is 3.06. The molecule has 3 N–H and O–H groups in total. The van der Waals surface area contributed by atoms with Crippen molar-refractivity contribution in [1.82, 2.24) is 15.5 Å². The standard InChI is InChI=1S/C16H13F3N4O3S/c17-16(18,19)9-20-15(24)10-2-5-13(6-3-10)27(25,26)23-12-4-1-11-8-21-22-14(11)7-12/h1-8,23H,9H2,(H,20,24)(H,21,22). The number of benzene rings is 2. The lowest BCUT2D eigenvalue weighted by Crippen LogP contribution is -2.33. The number of amides is 1. The van der Waals surface area contributed by atoms with Gasteiger partial charge in [0.05, 0.1) is 22.3 Å². The van der Waals surface area contributed by atoms with E-state index in [1.165, 1.54) is 0 Å². The Morgan fingerprint density at radius 2 is 1.81 bits per heavy atom. The van der Waals surface area contributed by atoms with Gasteiger partial charge < -0.3 is 5.32 Å². The molecule has 0 saturated heterocycles. The number of anilines is 1. The fourth-order valence-electron chi connectivity index (χ4n) is 2.28. The van der Waals surface area contributed by atoms with Gasteiger partial charge in [0.15, 0.2) is 0 Å². The van der Waals surface area contributed by atoms with E-state index < -0.39 is 28.7 Å². The van der Waals surface area contributed by atoms with Crippen molar-refractivity contribution in [2.75, 3.05) is 11.3 Å². The second-order valence-corrected chi connectivity index (χ2v) is 7.28. The minimum atomic E-state index is -4.53. The van der Waals surface area contributed by atoms with Crippen LogP contribution in [-0.2, 0) is 10.0 Å². The fraction of sp³-hybridized carbons (Fsp3) is 0.125. The van der Waals surface area contributed by atoms with Crippen LogP contribution in [0.15, 0.2) is 53.6 Å². The van der Waals surface area contributed by atoms with Crippen LogP contribution in [0.5, 0.6) is 0 Å². The summed E-state index contributed by atoms with van der Waals surface area (Å²) in [6.07, 6.45) is -2.94. The average molecular weight is 398 g/mol. The molecule has 1 amide bonds. The van der Waals surface area contributed by atoms with Gasteiger partial charge in [-0.05, 0) is 42.5 Å². The van der Waals surface area contributed by atoms with Crippen LogP contribution in [0.3, 0.4) is 0 Å². The molecule has 1 aromatic heterocycles. The Balaban J connectivity index is 1.73. The lowest BCUT2D eigenvalue weighted by atomic mass is 10.2. The summed E-state index contributed by atoms with van der Waals surface area (Å²) in [7, 11) is -3.94. The second-order valence-electron chi connectivity index (χ2n) is 5.60. The van der Waals surface area contributed by atoms with Gasteiger partial charge in [-0.3, -0.25) is 14.6 Å². The van der Waals surface area contributed by atoms with Crippen LogP contribution in [0.2, 0.25) is 0 Å². The van der Waals surface area contributed by atoms with E-state index in [-0.39, 0.29) is 10.5 Å². The Labute approximate surface area is 151 Å². The molecule has 0 spiro atoms. The van der Waals surface area contributed by atoms with Crippen molar-refractivity contribution in [3.05, 3.63) is 54.2 Å². The van der Waals surface area contributed by atoms with Gasteiger partial charge in [-0.15, -0.1) is 0 Å². The largest absolute Gasteiger partial charge is 0.405 e. The van der Waals surface area contributed by atoms with Crippen LogP contribution in [0, 0.1) is 0 Å². The Bertz CT molecular complexity index is 1080. The van der Waals surface area contributed by atoms with Gasteiger partial charge in [-0.1, -0.05) is 0 Å². The van der Waals surface area contributed by atoms with E-state index >= 15 is 0 Å². The molecule has 0 unspecified atom stereocenters. The first-order valence-corrected chi connectivity index (χ1v) is 9.03. The quantitative estimate of drug-likeness (QED) is 0.615. The molecule has 142 valence electrons. The van der Waals surface area contributed by atoms with Crippen molar-refractivity contribution in [3.63, 3.8) is 0 Å². The first-order valence-electron chi connectivity index (χ1n) is 7.55. The number of nitrogens with one attached hydrogen (secondary N) is 3. The van der Waals surface area contributed by atoms with Crippen LogP contribution < -0.4 is 10.0 Å². The van der Waals surface area contributed by atoms with Crippen molar-refractivity contribution in [2.24, 2.45) is 0 Å². The van der Waals surface area contributed by atoms with Gasteiger partial charge >= 0.3 is 6.18 Å². The Hall–Kier alpha value is -3.08. The molecule has 27 heavy (non-hydrogen) atoms. The Morgan fingerprint density at radius 1 is 1.11 bits per heavy atom. The van der Waals surface area contributed by atoms with Crippen LogP contribution >= 0.6 is 0 Å². The van der Waals surface area contributed by atoms with Crippen molar-refractivity contribution < 1.29 is 26.4 Å². The number of aromatic amines is 1. The highest BCUT2D eigenvalue weighted by molar-refractivity contribution is 7.92. The third-order valence-electron chi connectivity index (χ3n) is 3.57. The summed E-state index contributed by atoms with van der Waals surface area (Å²) in [4.78, 5) is 11.5. The molecule has 0 aliphatic rings. The highest BCUT2D eigenvalue weighted by Crippen LogP contribution is 2.21. The highest BCUT2D eigenvalue weighted by atomic mass is 32.2. The smallest absolute Gasteiger partial charge is 0.343 e. The van der Waals surface area contributed by atoms with Gasteiger partial charge in [-0.25, -0.2) is 8.42 Å². The van der Waals surface area contributed by atoms with E-state index in [0.717, 1.165) is 29.7 Å². The number of alkyl halides is 3. The molecule has 7 nitrogen and oxygen atoms in total. The second kappa shape index (κ2) is 6.91. The summed E-state index contributed by atoms with van der Waals surface area (Å²) >= 11 is 0. The number of fused-ring (bicyclic) bond motifs is 1. The van der Waals surface area contributed by atoms with E-state index in [1.807, 2.05) is 0 Å². The van der Waals surface area contributed by atoms with E-state index in [1.54, 1.807) is 29.7 Å². The lowest BCUT2D eigenvalue weighted by Gasteiger charge is -2.10. The number of aromatic nitrogens is 2. The fourth-order valence-corrected chi connectivity index (χ4v) is 3.33. The summed E-state index contributed by atoms with van der Waals surface area (Å²) in [6, 6.07) is 9.37. The zero-order chi connectivity index (χ0) is 19.7. The van der Waals surface area contributed by atoms with E-state index in [2.05, 4.69) is 14.9 Å². The predicted molar refractivity (Wildman–Crippen MR) is 91.7 cm³/mol. The third kappa shape index (κ3) is 4.56. The molecule has 0 atom stereocenters. The first-order chi connectivity index (χ1) is 12.6. The molecular formula is C16H13F3N4O3S. The van der Waals surface area contributed by atoms with Crippen molar-refractivity contribution in [3.8, 4) is 0 Å². The number of hydrogen-bond donors (Lipinski definition) is 3. The molecule has 2 aromatic carbocycles. The molecule has 0 radical (unpaired) electrons. The third-order valence-corrected chi connectivity index (χ3v) is 4.97. The summed E-state index contributed by atoms with van der Waals surface area (Å²) in [5.41, 5.74) is 0.864. The lowest BCUT2D eigenvalue weighted by molar-refractivity contribution is -0.123. The van der Waals surface area contributed by atoms with Gasteiger partial charge in [0.25, 0.3) is 15.9 Å². The Kier molecular flexibility index (Phi) is 4.79. The molecule has 3 rings (SSSR count). The summed E-state index contributed by atoms with van der Waals surface area (Å²) in [5, 5.41) is 9.09. The number of rotatable bonds is 5. The molecular weight excluding hydrogens is 385 g/mol. The van der Waals surface area contributed by atoms with Crippen molar-refractivity contribution >= 4 is 32.5 Å². The maximum absolute atomic E-state index is 12.4. The Morgan fingerprint density at radius 3 is 2.48 bits per heavy atom. The van der Waals surface area contributed by atoms with Gasteiger partial charge in [-0.2, -0.15) is 18.3 Å². The molecule has 0 aliphatic heterocycles. The van der Waals surface area contributed by atoms with E-state index in [4.69, 9.17) is 0 Å². The van der Waals surface area contributed by atoms with Gasteiger partial charge in [0, 0.05) is 10.9 Å². The van der Waals surface area contributed by atoms with Gasteiger partial charge in [0.1, 0.15) is 6.54 Å². The maximum atomic E-state index is 12.4. The topological polar surface area (TPSA) is 104 Å². The SMILES string of the molecule is O=C(NCC(F)(F)F)c1ccc(S(=O)(=O)Nc2ccc3cn[nH]c3c2)cc1. The molecule has 0 bridgehead atoms. The summed E-state index contributed by atoms with van der Waals surface area (Å²) < 4.78 is 63.6. The van der Waals surface area contributed by atoms with Crippen LogP contribution in [0.25, 0.3) is 10.9 Å². The first kappa shape index (κ1) is 18.7. The molecule has 0 saturated carbocycles. The molecule has 11 heteroatoms. The normalized spacial score (nSPS) is 12.1. The molecule has 0 fully saturated rings. The highest BCUT2D eigenvalue weighted by Gasteiger charge is 2.28. The number of H-pyrrole nitrogens is 1. The number of nitrogens with zero attached hydrogens (tertiary/aromatic N) is 1. The molecule has 1 heterocycles. The molecule has 3 aromatic rings. The minimum absolute atomic E-state index is 0.0860. The predicted octanol–water partition coefficient (Wildman–Crippen LogP) is 2.66. The minimum Gasteiger partial charge on any atom is -0.343 e. The van der Waals surface area contributed by atoms with Crippen LogP contribution in [0.1, 0.15) is 10.4 Å². The summed E-state index contributed by atoms with van der Waals surface area (Å²) in [6.45, 7) is -1.47. The van der Waals surface area contributed by atoms with Gasteiger partial charge in [0.2, 0.25) is 0 Å². The number of carbonyl (C=O) groups excluding carboxylic acids is 1. The maximum Gasteiger partial charge on any atom is 0.405 e. The number of hydrogen-bond acceptors (Lipinski definition) is 4. The number of halogens is 3. The summed E-state index contributed by atoms with van der Waals surface area (Å²) in [5.74, 6) is -0.950. The van der Waals surface area contributed by atoms with Crippen molar-refractivity contribution in [1.29, 1.82) is 0 Å². The number of sulfonamides is 1. The zero-order valence-corrected chi connectivity index (χ0v) is 14.4. The molecule has 0 aliphatic carbocycles.